The highest BCUT2D eigenvalue weighted by atomic mass is 127. The molecule has 0 atom stereocenters. The van der Waals surface area contributed by atoms with E-state index in [1.807, 2.05) is 28.7 Å². The van der Waals surface area contributed by atoms with Gasteiger partial charge in [0.1, 0.15) is 0 Å². The monoisotopic (exact) mass is 300 g/mol. The van der Waals surface area contributed by atoms with Crippen LogP contribution in [0.1, 0.15) is 26.3 Å². The number of rotatable bonds is 2. The SMILES string of the molecule is N#Cc1cc(I)c(C(N)=O)c(C=O)c1. The summed E-state index contributed by atoms with van der Waals surface area (Å²) in [5.41, 5.74) is 5.75. The summed E-state index contributed by atoms with van der Waals surface area (Å²) in [6.45, 7) is 0. The maximum Gasteiger partial charge on any atom is 0.250 e. The minimum Gasteiger partial charge on any atom is -0.366 e. The first-order valence-electron chi connectivity index (χ1n) is 3.58. The quantitative estimate of drug-likeness (QED) is 0.655. The van der Waals surface area contributed by atoms with Crippen molar-refractivity contribution in [3.8, 4) is 6.07 Å². The predicted octanol–water partition coefficient (Wildman–Crippen LogP) is 1.07. The maximum absolute atomic E-state index is 11.0. The molecule has 1 amide bonds. The Hall–Kier alpha value is -1.42. The molecule has 0 spiro atoms. The zero-order chi connectivity index (χ0) is 10.7. The molecule has 0 bridgehead atoms. The van der Waals surface area contributed by atoms with Gasteiger partial charge in [-0.3, -0.25) is 9.59 Å². The number of nitriles is 1. The zero-order valence-corrected chi connectivity index (χ0v) is 9.11. The molecule has 0 aliphatic heterocycles. The van der Waals surface area contributed by atoms with Crippen LogP contribution in [-0.4, -0.2) is 12.2 Å². The summed E-state index contributed by atoms with van der Waals surface area (Å²) in [4.78, 5) is 21.6. The smallest absolute Gasteiger partial charge is 0.250 e. The van der Waals surface area contributed by atoms with Gasteiger partial charge in [-0.05, 0) is 34.7 Å². The van der Waals surface area contributed by atoms with Crippen molar-refractivity contribution in [1.29, 1.82) is 5.26 Å². The van der Waals surface area contributed by atoms with Gasteiger partial charge in [0.05, 0.1) is 17.2 Å². The van der Waals surface area contributed by atoms with Crippen LogP contribution in [0.25, 0.3) is 0 Å². The predicted molar refractivity (Wildman–Crippen MR) is 57.8 cm³/mol. The van der Waals surface area contributed by atoms with E-state index >= 15 is 0 Å². The van der Waals surface area contributed by atoms with Crippen molar-refractivity contribution >= 4 is 34.8 Å². The van der Waals surface area contributed by atoms with E-state index in [-0.39, 0.29) is 11.1 Å². The van der Waals surface area contributed by atoms with Crippen LogP contribution in [0.5, 0.6) is 0 Å². The molecule has 5 heteroatoms. The maximum atomic E-state index is 11.0. The van der Waals surface area contributed by atoms with Crippen molar-refractivity contribution in [3.63, 3.8) is 0 Å². The van der Waals surface area contributed by atoms with Gasteiger partial charge in [0.15, 0.2) is 6.29 Å². The van der Waals surface area contributed by atoms with E-state index in [4.69, 9.17) is 11.0 Å². The normalized spacial score (nSPS) is 9.14. The van der Waals surface area contributed by atoms with Crippen LogP contribution in [-0.2, 0) is 0 Å². The van der Waals surface area contributed by atoms with Crippen LogP contribution in [0.3, 0.4) is 0 Å². The molecule has 0 saturated heterocycles. The third kappa shape index (κ3) is 1.90. The minimum atomic E-state index is -0.666. The van der Waals surface area contributed by atoms with Gasteiger partial charge in [-0.2, -0.15) is 5.26 Å². The molecule has 2 N–H and O–H groups in total. The summed E-state index contributed by atoms with van der Waals surface area (Å²) in [6, 6.07) is 4.74. The minimum absolute atomic E-state index is 0.154. The summed E-state index contributed by atoms with van der Waals surface area (Å²) in [7, 11) is 0. The number of carbonyl (C=O) groups is 2. The molecule has 4 nitrogen and oxygen atoms in total. The summed E-state index contributed by atoms with van der Waals surface area (Å²) >= 11 is 1.86. The second-order valence-corrected chi connectivity index (χ2v) is 3.68. The first kappa shape index (κ1) is 10.7. The molecule has 70 valence electrons. The highest BCUT2D eigenvalue weighted by molar-refractivity contribution is 14.1. The van der Waals surface area contributed by atoms with Crippen LogP contribution >= 0.6 is 22.6 Å². The molecule has 0 aliphatic carbocycles. The lowest BCUT2D eigenvalue weighted by molar-refractivity contribution is 0.0992. The molecule has 1 aromatic rings. The van der Waals surface area contributed by atoms with Crippen LogP contribution < -0.4 is 5.73 Å². The van der Waals surface area contributed by atoms with Crippen LogP contribution in [0.4, 0.5) is 0 Å². The Morgan fingerprint density at radius 2 is 2.21 bits per heavy atom. The van der Waals surface area contributed by atoms with E-state index in [2.05, 4.69) is 0 Å². The van der Waals surface area contributed by atoms with Gasteiger partial charge in [-0.1, -0.05) is 0 Å². The summed E-state index contributed by atoms with van der Waals surface area (Å²) in [6.07, 6.45) is 0.517. The first-order chi connectivity index (χ1) is 6.60. The first-order valence-corrected chi connectivity index (χ1v) is 4.66. The lowest BCUT2D eigenvalue weighted by Crippen LogP contribution is -2.15. The second-order valence-electron chi connectivity index (χ2n) is 2.52. The van der Waals surface area contributed by atoms with E-state index in [1.54, 1.807) is 0 Å². The molecular formula is C9H5IN2O2. The fourth-order valence-electron chi connectivity index (χ4n) is 1.05. The lowest BCUT2D eigenvalue weighted by atomic mass is 10.1. The van der Waals surface area contributed by atoms with Crippen molar-refractivity contribution in [1.82, 2.24) is 0 Å². The molecule has 0 fully saturated rings. The molecule has 0 unspecified atom stereocenters. The van der Waals surface area contributed by atoms with Gasteiger partial charge in [-0.25, -0.2) is 0 Å². The van der Waals surface area contributed by atoms with Crippen LogP contribution in [0.15, 0.2) is 12.1 Å². The number of halogens is 1. The number of hydrogen-bond acceptors (Lipinski definition) is 3. The Bertz CT molecular complexity index is 449. The van der Waals surface area contributed by atoms with Crippen molar-refractivity contribution in [3.05, 3.63) is 32.4 Å². The average Bonchev–Trinajstić information content (AvgIpc) is 2.15. The standard InChI is InChI=1S/C9H5IN2O2/c10-7-2-5(3-11)1-6(4-13)8(7)9(12)14/h1-2,4H,(H2,12,14). The van der Waals surface area contributed by atoms with Crippen molar-refractivity contribution < 1.29 is 9.59 Å². The number of benzene rings is 1. The Morgan fingerprint density at radius 1 is 1.57 bits per heavy atom. The van der Waals surface area contributed by atoms with Crippen LogP contribution in [0.2, 0.25) is 0 Å². The lowest BCUT2D eigenvalue weighted by Gasteiger charge is -2.03. The molecule has 1 rings (SSSR count). The molecule has 0 saturated carbocycles. The van der Waals surface area contributed by atoms with Crippen molar-refractivity contribution in [2.24, 2.45) is 5.73 Å². The molecule has 1 aromatic carbocycles. The Balaban J connectivity index is 3.52. The molecular weight excluding hydrogens is 295 g/mol. The Labute approximate surface area is 93.8 Å². The summed E-state index contributed by atoms with van der Waals surface area (Å²) in [5.74, 6) is -0.666. The number of primary amides is 1. The van der Waals surface area contributed by atoms with E-state index in [9.17, 15) is 9.59 Å². The number of aldehydes is 1. The van der Waals surface area contributed by atoms with Gasteiger partial charge in [0.2, 0.25) is 0 Å². The van der Waals surface area contributed by atoms with Crippen molar-refractivity contribution in [2.45, 2.75) is 0 Å². The van der Waals surface area contributed by atoms with Gasteiger partial charge in [0, 0.05) is 9.13 Å². The zero-order valence-electron chi connectivity index (χ0n) is 6.95. The van der Waals surface area contributed by atoms with E-state index < -0.39 is 5.91 Å². The Morgan fingerprint density at radius 3 is 2.64 bits per heavy atom. The molecule has 0 heterocycles. The number of hydrogen-bond donors (Lipinski definition) is 1. The van der Waals surface area contributed by atoms with Gasteiger partial charge in [-0.15, -0.1) is 0 Å². The second kappa shape index (κ2) is 4.19. The fraction of sp³-hybridized carbons (Fsp3) is 0. The number of amides is 1. The third-order valence-corrected chi connectivity index (χ3v) is 2.47. The summed E-state index contributed by atoms with van der Waals surface area (Å²) < 4.78 is 0.510. The molecule has 0 radical (unpaired) electrons. The topological polar surface area (TPSA) is 83.9 Å². The number of carbonyl (C=O) groups excluding carboxylic acids is 2. The molecule has 14 heavy (non-hydrogen) atoms. The van der Waals surface area contributed by atoms with Gasteiger partial charge in [0.25, 0.3) is 5.91 Å². The average molecular weight is 300 g/mol. The fourth-order valence-corrected chi connectivity index (χ4v) is 1.96. The molecule has 0 aliphatic rings. The van der Waals surface area contributed by atoms with Crippen molar-refractivity contribution in [2.75, 3.05) is 0 Å². The summed E-state index contributed by atoms with van der Waals surface area (Å²) in [5, 5.41) is 8.63. The van der Waals surface area contributed by atoms with Crippen LogP contribution in [0, 0.1) is 14.9 Å². The number of nitrogens with zero attached hydrogens (tertiary/aromatic N) is 1. The number of nitrogens with two attached hydrogens (primary N) is 1. The van der Waals surface area contributed by atoms with E-state index in [1.165, 1.54) is 12.1 Å². The van der Waals surface area contributed by atoms with E-state index in [0.29, 0.717) is 15.4 Å². The highest BCUT2D eigenvalue weighted by Crippen LogP contribution is 2.17. The molecule has 0 aromatic heterocycles. The third-order valence-electron chi connectivity index (χ3n) is 1.62. The van der Waals surface area contributed by atoms with Gasteiger partial charge < -0.3 is 5.73 Å². The Kier molecular flexibility index (Phi) is 3.19. The highest BCUT2D eigenvalue weighted by Gasteiger charge is 2.13. The van der Waals surface area contributed by atoms with E-state index in [0.717, 1.165) is 0 Å². The van der Waals surface area contributed by atoms with Gasteiger partial charge >= 0.3 is 0 Å². The largest absolute Gasteiger partial charge is 0.366 e.